The lowest BCUT2D eigenvalue weighted by atomic mass is 9.76. The quantitative estimate of drug-likeness (QED) is 0.850. The highest BCUT2D eigenvalue weighted by molar-refractivity contribution is 5.37. The van der Waals surface area contributed by atoms with Gasteiger partial charge in [0.2, 0.25) is 0 Å². The van der Waals surface area contributed by atoms with Crippen LogP contribution in [0.5, 0.6) is 5.75 Å². The normalized spacial score (nSPS) is 25.8. The van der Waals surface area contributed by atoms with Crippen LogP contribution in [0.15, 0.2) is 18.2 Å². The third kappa shape index (κ3) is 4.00. The third-order valence-electron chi connectivity index (χ3n) is 5.23. The topological polar surface area (TPSA) is 21.3 Å². The van der Waals surface area contributed by atoms with E-state index in [9.17, 15) is 0 Å². The summed E-state index contributed by atoms with van der Waals surface area (Å²) >= 11 is 0. The summed E-state index contributed by atoms with van der Waals surface area (Å²) in [6, 6.07) is 7.43. The second-order valence-electron chi connectivity index (χ2n) is 7.01. The first-order valence-electron chi connectivity index (χ1n) is 8.63. The highest BCUT2D eigenvalue weighted by atomic mass is 16.5. The van der Waals surface area contributed by atoms with Crippen molar-refractivity contribution < 1.29 is 4.74 Å². The van der Waals surface area contributed by atoms with Crippen LogP contribution >= 0.6 is 0 Å². The summed E-state index contributed by atoms with van der Waals surface area (Å²) in [5, 5.41) is 3.75. The molecule has 2 heteroatoms. The molecule has 0 radical (unpaired) electrons. The first-order valence-corrected chi connectivity index (χ1v) is 8.63. The molecule has 2 fully saturated rings. The minimum absolute atomic E-state index is 0.820. The van der Waals surface area contributed by atoms with E-state index in [4.69, 9.17) is 4.74 Å². The van der Waals surface area contributed by atoms with Gasteiger partial charge in [0.15, 0.2) is 0 Å². The Morgan fingerprint density at radius 1 is 1.10 bits per heavy atom. The lowest BCUT2D eigenvalue weighted by Gasteiger charge is -2.32. The zero-order valence-electron chi connectivity index (χ0n) is 13.5. The van der Waals surface area contributed by atoms with Crippen molar-refractivity contribution >= 4 is 0 Å². The van der Waals surface area contributed by atoms with Crippen LogP contribution in [-0.2, 0) is 6.42 Å². The van der Waals surface area contributed by atoms with Crippen molar-refractivity contribution in [2.75, 3.05) is 13.7 Å². The largest absolute Gasteiger partial charge is 0.496 e. The number of hydrogen-bond donors (Lipinski definition) is 1. The van der Waals surface area contributed by atoms with Gasteiger partial charge in [0.05, 0.1) is 7.11 Å². The lowest BCUT2D eigenvalue weighted by Crippen LogP contribution is -2.32. The van der Waals surface area contributed by atoms with Gasteiger partial charge < -0.3 is 10.1 Å². The maximum absolute atomic E-state index is 5.57. The van der Waals surface area contributed by atoms with Gasteiger partial charge in [-0.2, -0.15) is 0 Å². The maximum Gasteiger partial charge on any atom is 0.122 e. The Labute approximate surface area is 129 Å². The van der Waals surface area contributed by atoms with Gasteiger partial charge in [-0.3, -0.25) is 0 Å². The molecular formula is C19H29NO. The predicted octanol–water partition coefficient (Wildman–Crippen LogP) is 4.10. The molecule has 2 atom stereocenters. The number of benzene rings is 1. The summed E-state index contributed by atoms with van der Waals surface area (Å²) < 4.78 is 5.57. The average Bonchev–Trinajstić information content (AvgIpc) is 3.31. The fourth-order valence-corrected chi connectivity index (χ4v) is 3.78. The van der Waals surface area contributed by atoms with Gasteiger partial charge >= 0.3 is 0 Å². The molecule has 1 aromatic rings. The van der Waals surface area contributed by atoms with Crippen LogP contribution in [0.3, 0.4) is 0 Å². The predicted molar refractivity (Wildman–Crippen MR) is 87.9 cm³/mol. The van der Waals surface area contributed by atoms with Crippen molar-refractivity contribution in [2.24, 2.45) is 11.8 Å². The van der Waals surface area contributed by atoms with Gasteiger partial charge in [0.25, 0.3) is 0 Å². The Morgan fingerprint density at radius 3 is 2.57 bits per heavy atom. The van der Waals surface area contributed by atoms with Crippen molar-refractivity contribution in [3.05, 3.63) is 29.3 Å². The molecule has 2 nitrogen and oxygen atoms in total. The van der Waals surface area contributed by atoms with Crippen molar-refractivity contribution in [3.8, 4) is 5.75 Å². The van der Waals surface area contributed by atoms with Gasteiger partial charge in [0.1, 0.15) is 5.75 Å². The molecule has 1 N–H and O–H groups in total. The Balaban J connectivity index is 1.66. The van der Waals surface area contributed by atoms with Gasteiger partial charge in [0, 0.05) is 6.04 Å². The minimum atomic E-state index is 0.820. The van der Waals surface area contributed by atoms with Crippen molar-refractivity contribution in [3.63, 3.8) is 0 Å². The molecule has 2 aliphatic carbocycles. The van der Waals surface area contributed by atoms with Gasteiger partial charge in [-0.15, -0.1) is 0 Å². The first-order chi connectivity index (χ1) is 10.3. The Kier molecular flexibility index (Phi) is 4.84. The molecule has 116 valence electrons. The van der Waals surface area contributed by atoms with Gasteiger partial charge in [-0.1, -0.05) is 30.5 Å². The maximum atomic E-state index is 5.57. The molecule has 0 bridgehead atoms. The standard InChI is InChI=1S/C19H29NO/c1-14-7-10-19(21-2)17(11-14)12-15-5-3-4-6-16(15)13-20-18-8-9-18/h7,10-11,15-16,18,20H,3-6,8-9,12-13H2,1-2H3. The number of aryl methyl sites for hydroxylation is 1. The fraction of sp³-hybridized carbons (Fsp3) is 0.684. The number of nitrogens with one attached hydrogen (secondary N) is 1. The van der Waals surface area contributed by atoms with E-state index < -0.39 is 0 Å². The highest BCUT2D eigenvalue weighted by Gasteiger charge is 2.28. The zero-order valence-corrected chi connectivity index (χ0v) is 13.5. The molecule has 0 aliphatic heterocycles. The smallest absolute Gasteiger partial charge is 0.122 e. The van der Waals surface area contributed by atoms with Crippen LogP contribution in [0.4, 0.5) is 0 Å². The SMILES string of the molecule is COc1ccc(C)cc1CC1CCCCC1CNC1CC1. The summed E-state index contributed by atoms with van der Waals surface area (Å²) in [5.41, 5.74) is 2.75. The summed E-state index contributed by atoms with van der Waals surface area (Å²) in [5.74, 6) is 2.74. The van der Waals surface area contributed by atoms with Crippen LogP contribution in [0, 0.1) is 18.8 Å². The first kappa shape index (κ1) is 14.9. The van der Waals surface area contributed by atoms with E-state index in [2.05, 4.69) is 30.4 Å². The molecule has 3 rings (SSSR count). The number of ether oxygens (including phenoxy) is 1. The molecule has 0 amide bonds. The zero-order chi connectivity index (χ0) is 14.7. The van der Waals surface area contributed by atoms with Crippen molar-refractivity contribution in [1.82, 2.24) is 5.32 Å². The van der Waals surface area contributed by atoms with E-state index in [1.165, 1.54) is 62.6 Å². The molecule has 21 heavy (non-hydrogen) atoms. The molecule has 0 heterocycles. The van der Waals surface area contributed by atoms with Gasteiger partial charge in [-0.05, 0) is 69.0 Å². The monoisotopic (exact) mass is 287 g/mol. The molecule has 2 saturated carbocycles. The average molecular weight is 287 g/mol. The van der Waals surface area contributed by atoms with E-state index in [-0.39, 0.29) is 0 Å². The summed E-state index contributed by atoms with van der Waals surface area (Å²) in [6.07, 6.45) is 9.57. The number of hydrogen-bond acceptors (Lipinski definition) is 2. The van der Waals surface area contributed by atoms with Crippen LogP contribution in [0.1, 0.15) is 49.7 Å². The van der Waals surface area contributed by atoms with Crippen LogP contribution in [-0.4, -0.2) is 19.7 Å². The molecule has 0 saturated heterocycles. The van der Waals surface area contributed by atoms with E-state index in [0.29, 0.717) is 0 Å². The van der Waals surface area contributed by atoms with Crippen molar-refractivity contribution in [1.29, 1.82) is 0 Å². The minimum Gasteiger partial charge on any atom is -0.496 e. The molecule has 2 aliphatic rings. The summed E-state index contributed by atoms with van der Waals surface area (Å²) in [4.78, 5) is 0. The molecular weight excluding hydrogens is 258 g/mol. The van der Waals surface area contributed by atoms with Gasteiger partial charge in [-0.25, -0.2) is 0 Å². The Morgan fingerprint density at radius 2 is 1.86 bits per heavy atom. The highest BCUT2D eigenvalue weighted by Crippen LogP contribution is 2.35. The van der Waals surface area contributed by atoms with Crippen molar-refractivity contribution in [2.45, 2.75) is 57.9 Å². The van der Waals surface area contributed by atoms with Crippen LogP contribution < -0.4 is 10.1 Å². The molecule has 0 spiro atoms. The number of rotatable bonds is 6. The number of methoxy groups -OCH3 is 1. The molecule has 2 unspecified atom stereocenters. The van der Waals surface area contributed by atoms with Crippen LogP contribution in [0.25, 0.3) is 0 Å². The molecule has 0 aromatic heterocycles. The van der Waals surface area contributed by atoms with Crippen LogP contribution in [0.2, 0.25) is 0 Å². The second kappa shape index (κ2) is 6.83. The Bertz CT molecular complexity index is 467. The third-order valence-corrected chi connectivity index (χ3v) is 5.23. The van der Waals surface area contributed by atoms with E-state index in [1.54, 1.807) is 7.11 Å². The lowest BCUT2D eigenvalue weighted by molar-refractivity contribution is 0.226. The van der Waals surface area contributed by atoms with E-state index in [0.717, 1.165) is 23.6 Å². The molecule has 1 aromatic carbocycles. The Hall–Kier alpha value is -1.02. The second-order valence-corrected chi connectivity index (χ2v) is 7.01. The van der Waals surface area contributed by atoms with E-state index in [1.807, 2.05) is 0 Å². The summed E-state index contributed by atoms with van der Waals surface area (Å²) in [7, 11) is 1.79. The summed E-state index contributed by atoms with van der Waals surface area (Å²) in [6.45, 7) is 3.40. The fourth-order valence-electron chi connectivity index (χ4n) is 3.78. The van der Waals surface area contributed by atoms with E-state index >= 15 is 0 Å².